The van der Waals surface area contributed by atoms with Crippen molar-refractivity contribution in [3.63, 3.8) is 0 Å². The minimum Gasteiger partial charge on any atom is -0.481 e. The summed E-state index contributed by atoms with van der Waals surface area (Å²) in [5.41, 5.74) is 2.16. The summed E-state index contributed by atoms with van der Waals surface area (Å²) in [7, 11) is 0. The van der Waals surface area contributed by atoms with E-state index in [1.165, 1.54) is 0 Å². The average Bonchev–Trinajstić information content (AvgIpc) is 3.26. The highest BCUT2D eigenvalue weighted by Gasteiger charge is 2.29. The van der Waals surface area contributed by atoms with E-state index in [1.54, 1.807) is 6.07 Å². The van der Waals surface area contributed by atoms with Crippen LogP contribution < -0.4 is 10.6 Å². The maximum absolute atomic E-state index is 11.9. The second-order valence-electron chi connectivity index (χ2n) is 5.81. The summed E-state index contributed by atoms with van der Waals surface area (Å²) < 4.78 is 5.33. The first-order valence-electron chi connectivity index (χ1n) is 7.74. The van der Waals surface area contributed by atoms with Gasteiger partial charge in [-0.15, -0.1) is 0 Å². The molecule has 1 aromatic heterocycles. The van der Waals surface area contributed by atoms with Crippen LogP contribution in [0, 0.1) is 6.92 Å². The Balaban J connectivity index is 1.75. The van der Waals surface area contributed by atoms with Crippen molar-refractivity contribution >= 4 is 17.7 Å². The van der Waals surface area contributed by atoms with Gasteiger partial charge in [0.1, 0.15) is 0 Å². The minimum absolute atomic E-state index is 0.0503. The summed E-state index contributed by atoms with van der Waals surface area (Å²) in [6, 6.07) is 4.98. The lowest BCUT2D eigenvalue weighted by molar-refractivity contribution is -0.136. The Labute approximate surface area is 138 Å². The summed E-state index contributed by atoms with van der Waals surface area (Å²) in [5.74, 6) is 0.470. The quantitative estimate of drug-likeness (QED) is 0.749. The average molecular weight is 330 g/mol. The van der Waals surface area contributed by atoms with Crippen molar-refractivity contribution in [2.45, 2.75) is 32.1 Å². The van der Waals surface area contributed by atoms with Crippen LogP contribution in [0.25, 0.3) is 11.5 Å². The van der Waals surface area contributed by atoms with E-state index in [-0.39, 0.29) is 13.0 Å². The molecule has 0 unspecified atom stereocenters. The summed E-state index contributed by atoms with van der Waals surface area (Å²) in [6.07, 6.45) is 2.01. The van der Waals surface area contributed by atoms with Gasteiger partial charge in [0.15, 0.2) is 5.82 Å². The van der Waals surface area contributed by atoms with Crippen LogP contribution in [0.2, 0.25) is 0 Å². The fourth-order valence-corrected chi connectivity index (χ4v) is 2.25. The number of aliphatic carboxylic acids is 1. The summed E-state index contributed by atoms with van der Waals surface area (Å²) in [6.45, 7) is 1.98. The van der Waals surface area contributed by atoms with E-state index >= 15 is 0 Å². The van der Waals surface area contributed by atoms with Crippen LogP contribution in [0.3, 0.4) is 0 Å². The number of amides is 2. The van der Waals surface area contributed by atoms with Gasteiger partial charge in [0.25, 0.3) is 5.89 Å². The Bertz CT molecular complexity index is 767. The summed E-state index contributed by atoms with van der Waals surface area (Å²) >= 11 is 0. The smallest absolute Gasteiger partial charge is 0.319 e. The number of carboxylic acids is 1. The van der Waals surface area contributed by atoms with Crippen LogP contribution >= 0.6 is 0 Å². The zero-order valence-electron chi connectivity index (χ0n) is 13.2. The Kier molecular flexibility index (Phi) is 4.45. The lowest BCUT2D eigenvalue weighted by Gasteiger charge is -2.10. The number of nitrogens with zero attached hydrogens (tertiary/aromatic N) is 2. The fourth-order valence-electron chi connectivity index (χ4n) is 2.25. The first kappa shape index (κ1) is 16.0. The Hall–Kier alpha value is -2.90. The highest BCUT2D eigenvalue weighted by Crippen LogP contribution is 2.39. The van der Waals surface area contributed by atoms with Gasteiger partial charge in [0.05, 0.1) is 17.7 Å². The van der Waals surface area contributed by atoms with Crippen LogP contribution in [0.5, 0.6) is 0 Å². The van der Waals surface area contributed by atoms with Crippen LogP contribution in [-0.2, 0) is 4.79 Å². The molecule has 1 heterocycles. The number of hydrogen-bond donors (Lipinski definition) is 3. The van der Waals surface area contributed by atoms with E-state index in [2.05, 4.69) is 20.8 Å². The van der Waals surface area contributed by atoms with Crippen molar-refractivity contribution in [2.75, 3.05) is 11.9 Å². The van der Waals surface area contributed by atoms with Gasteiger partial charge in [-0.3, -0.25) is 4.79 Å². The van der Waals surface area contributed by atoms with Crippen LogP contribution in [0.1, 0.15) is 36.6 Å². The largest absolute Gasteiger partial charge is 0.481 e. The lowest BCUT2D eigenvalue weighted by atomic mass is 10.1. The molecule has 126 valence electrons. The van der Waals surface area contributed by atoms with Gasteiger partial charge in [0.2, 0.25) is 0 Å². The zero-order chi connectivity index (χ0) is 17.1. The van der Waals surface area contributed by atoms with Gasteiger partial charge < -0.3 is 20.3 Å². The second kappa shape index (κ2) is 6.69. The molecule has 0 atom stereocenters. The Morgan fingerprint density at radius 3 is 2.88 bits per heavy atom. The molecular formula is C16H18N4O4. The van der Waals surface area contributed by atoms with Crippen LogP contribution in [-0.4, -0.2) is 33.8 Å². The van der Waals surface area contributed by atoms with Gasteiger partial charge in [-0.2, -0.15) is 4.98 Å². The molecule has 1 aromatic carbocycles. The zero-order valence-corrected chi connectivity index (χ0v) is 13.2. The van der Waals surface area contributed by atoms with E-state index in [0.29, 0.717) is 28.9 Å². The van der Waals surface area contributed by atoms with Crippen LogP contribution in [0.15, 0.2) is 22.7 Å². The number of benzene rings is 1. The van der Waals surface area contributed by atoms with E-state index in [9.17, 15) is 9.59 Å². The first-order chi connectivity index (χ1) is 11.5. The molecule has 1 saturated carbocycles. The van der Waals surface area contributed by atoms with Crippen molar-refractivity contribution in [1.29, 1.82) is 0 Å². The summed E-state index contributed by atoms with van der Waals surface area (Å²) in [5, 5.41) is 17.8. The first-order valence-corrected chi connectivity index (χ1v) is 7.74. The number of aromatic nitrogens is 2. The number of aryl methyl sites for hydroxylation is 1. The molecule has 8 heteroatoms. The van der Waals surface area contributed by atoms with Gasteiger partial charge in [-0.05, 0) is 31.9 Å². The molecule has 0 bridgehead atoms. The topological polar surface area (TPSA) is 117 Å². The third-order valence-electron chi connectivity index (χ3n) is 3.66. The molecule has 2 aromatic rings. The Morgan fingerprint density at radius 2 is 2.17 bits per heavy atom. The number of anilines is 1. The van der Waals surface area contributed by atoms with Crippen molar-refractivity contribution < 1.29 is 19.2 Å². The number of rotatable bonds is 6. The highest BCUT2D eigenvalue weighted by atomic mass is 16.5. The minimum atomic E-state index is -0.968. The van der Waals surface area contributed by atoms with Gasteiger partial charge >= 0.3 is 12.0 Å². The summed E-state index contributed by atoms with van der Waals surface area (Å²) in [4.78, 5) is 26.8. The molecule has 0 spiro atoms. The number of carbonyl (C=O) groups excluding carboxylic acids is 1. The molecule has 1 aliphatic carbocycles. The SMILES string of the molecule is Cc1ccc(NC(=O)NCCC(=O)O)c(-c2nc(C3CC3)no2)c1. The molecule has 3 rings (SSSR count). The molecule has 8 nitrogen and oxygen atoms in total. The van der Waals surface area contributed by atoms with E-state index in [4.69, 9.17) is 9.63 Å². The predicted octanol–water partition coefficient (Wildman–Crippen LogP) is 2.52. The highest BCUT2D eigenvalue weighted by molar-refractivity contribution is 5.93. The van der Waals surface area contributed by atoms with Crippen molar-refractivity contribution in [1.82, 2.24) is 15.5 Å². The molecule has 2 amide bonds. The molecule has 1 aliphatic rings. The number of urea groups is 1. The van der Waals surface area contributed by atoms with E-state index in [0.717, 1.165) is 18.4 Å². The van der Waals surface area contributed by atoms with E-state index < -0.39 is 12.0 Å². The number of carboxylic acid groups (broad SMARTS) is 1. The van der Waals surface area contributed by atoms with Gasteiger partial charge in [0, 0.05) is 12.5 Å². The monoisotopic (exact) mass is 330 g/mol. The number of nitrogens with one attached hydrogen (secondary N) is 2. The fraction of sp³-hybridized carbons (Fsp3) is 0.375. The van der Waals surface area contributed by atoms with Gasteiger partial charge in [-0.25, -0.2) is 4.79 Å². The third kappa shape index (κ3) is 3.89. The maximum atomic E-state index is 11.9. The number of hydrogen-bond acceptors (Lipinski definition) is 5. The Morgan fingerprint density at radius 1 is 1.38 bits per heavy atom. The number of carbonyl (C=O) groups is 2. The normalized spacial score (nSPS) is 13.5. The van der Waals surface area contributed by atoms with E-state index in [1.807, 2.05) is 19.1 Å². The molecule has 0 saturated heterocycles. The molecule has 1 fully saturated rings. The van der Waals surface area contributed by atoms with Crippen LogP contribution in [0.4, 0.5) is 10.5 Å². The second-order valence-corrected chi connectivity index (χ2v) is 5.81. The van der Waals surface area contributed by atoms with Crippen molar-refractivity contribution in [2.24, 2.45) is 0 Å². The maximum Gasteiger partial charge on any atom is 0.319 e. The molecule has 0 radical (unpaired) electrons. The predicted molar refractivity (Wildman–Crippen MR) is 85.7 cm³/mol. The molecule has 3 N–H and O–H groups in total. The van der Waals surface area contributed by atoms with Gasteiger partial charge in [-0.1, -0.05) is 16.8 Å². The standard InChI is InChI=1S/C16H18N4O4/c1-9-2-5-12(18-16(23)17-7-6-13(21)22)11(8-9)15-19-14(20-24-15)10-3-4-10/h2,5,8,10H,3-4,6-7H2,1H3,(H,21,22)(H2,17,18,23). The molecule has 0 aliphatic heterocycles. The lowest BCUT2D eigenvalue weighted by Crippen LogP contribution is -2.30. The van der Waals surface area contributed by atoms with Crippen molar-refractivity contribution in [3.8, 4) is 11.5 Å². The third-order valence-corrected chi connectivity index (χ3v) is 3.66. The van der Waals surface area contributed by atoms with Crippen molar-refractivity contribution in [3.05, 3.63) is 29.6 Å². The molecular weight excluding hydrogens is 312 g/mol. The molecule has 24 heavy (non-hydrogen) atoms.